The summed E-state index contributed by atoms with van der Waals surface area (Å²) in [6.45, 7) is 0.443. The van der Waals surface area contributed by atoms with Gasteiger partial charge >= 0.3 is 0 Å². The number of carbonyl (C=O) groups excluding carboxylic acids is 1. The first kappa shape index (κ1) is 18.7. The zero-order valence-electron chi connectivity index (χ0n) is 14.0. The van der Waals surface area contributed by atoms with E-state index >= 15 is 0 Å². The number of ether oxygens (including phenoxy) is 2. The van der Waals surface area contributed by atoms with Gasteiger partial charge in [-0.05, 0) is 37.1 Å². The molecule has 0 radical (unpaired) electrons. The average Bonchev–Trinajstić information content (AvgIpc) is 3.32. The van der Waals surface area contributed by atoms with Gasteiger partial charge in [-0.25, -0.2) is 13.1 Å². The highest BCUT2D eigenvalue weighted by Gasteiger charge is 2.30. The summed E-state index contributed by atoms with van der Waals surface area (Å²) in [4.78, 5) is 12.2. The van der Waals surface area contributed by atoms with Crippen LogP contribution >= 0.6 is 11.6 Å². The Labute approximate surface area is 156 Å². The summed E-state index contributed by atoms with van der Waals surface area (Å²) in [5.41, 5.74) is 0.194. The van der Waals surface area contributed by atoms with Crippen molar-refractivity contribution in [3.63, 3.8) is 0 Å². The molecule has 8 nitrogen and oxygen atoms in total. The maximum absolute atomic E-state index is 12.7. The Hall–Kier alpha value is -2.10. The van der Waals surface area contributed by atoms with Crippen molar-refractivity contribution in [3.8, 4) is 5.75 Å². The molecule has 1 heterocycles. The second-order valence-corrected chi connectivity index (χ2v) is 7.85. The maximum atomic E-state index is 12.7. The van der Waals surface area contributed by atoms with Gasteiger partial charge in [0, 0.05) is 18.3 Å². The Morgan fingerprint density at radius 3 is 2.81 bits per heavy atom. The maximum Gasteiger partial charge on any atom is 0.283 e. The van der Waals surface area contributed by atoms with Gasteiger partial charge in [0.15, 0.2) is 0 Å². The van der Waals surface area contributed by atoms with Crippen LogP contribution in [0.3, 0.4) is 0 Å². The van der Waals surface area contributed by atoms with Gasteiger partial charge < -0.3 is 9.47 Å². The van der Waals surface area contributed by atoms with Crippen molar-refractivity contribution in [2.75, 3.05) is 20.3 Å². The third-order valence-corrected chi connectivity index (χ3v) is 5.35. The van der Waals surface area contributed by atoms with Crippen molar-refractivity contribution in [2.45, 2.75) is 23.8 Å². The molecule has 0 atom stereocenters. The summed E-state index contributed by atoms with van der Waals surface area (Å²) >= 11 is 5.92. The van der Waals surface area contributed by atoms with Crippen LogP contribution in [-0.2, 0) is 14.8 Å². The molecule has 0 aliphatic heterocycles. The van der Waals surface area contributed by atoms with E-state index < -0.39 is 15.9 Å². The van der Waals surface area contributed by atoms with E-state index in [1.807, 2.05) is 0 Å². The number of nitrogens with one attached hydrogen (secondary N) is 1. The summed E-state index contributed by atoms with van der Waals surface area (Å²) in [6, 6.07) is 5.81. The molecule has 3 rings (SSSR count). The number of halogens is 1. The monoisotopic (exact) mass is 399 g/mol. The minimum absolute atomic E-state index is 0.0856. The number of amides is 1. The summed E-state index contributed by atoms with van der Waals surface area (Å²) in [7, 11) is -2.68. The van der Waals surface area contributed by atoms with Gasteiger partial charge in [-0.3, -0.25) is 9.48 Å². The number of hydrogen-bond donors (Lipinski definition) is 1. The number of hydrogen-bond acceptors (Lipinski definition) is 6. The molecule has 1 N–H and O–H groups in total. The number of rotatable bonds is 8. The van der Waals surface area contributed by atoms with Gasteiger partial charge in [0.05, 0.1) is 12.6 Å². The molecule has 1 amide bonds. The molecule has 1 aromatic heterocycles. The SMILES string of the molecule is COCCOc1ccc(Cl)cc1S(=O)(=O)NC(=O)c1ccnn1C1CC1. The van der Waals surface area contributed by atoms with Gasteiger partial charge in [-0.2, -0.15) is 5.10 Å². The second-order valence-electron chi connectivity index (χ2n) is 5.76. The standard InChI is InChI=1S/C16H18ClN3O5S/c1-24-8-9-25-14-5-2-11(17)10-15(14)26(22,23)19-16(21)13-6-7-18-20(13)12-3-4-12/h2,5-7,10,12H,3-4,8-9H2,1H3,(H,19,21). The van der Waals surface area contributed by atoms with Gasteiger partial charge in [0.2, 0.25) is 0 Å². The minimum Gasteiger partial charge on any atom is -0.490 e. The summed E-state index contributed by atoms with van der Waals surface area (Å²) in [6.07, 6.45) is 3.31. The lowest BCUT2D eigenvalue weighted by atomic mass is 10.3. The van der Waals surface area contributed by atoms with Gasteiger partial charge in [-0.15, -0.1) is 0 Å². The molecule has 0 saturated heterocycles. The van der Waals surface area contributed by atoms with Crippen LogP contribution in [0.4, 0.5) is 0 Å². The second kappa shape index (κ2) is 7.65. The Kier molecular flexibility index (Phi) is 5.49. The summed E-state index contributed by atoms with van der Waals surface area (Å²) in [5, 5.41) is 4.29. The average molecular weight is 400 g/mol. The van der Waals surface area contributed by atoms with Crippen molar-refractivity contribution in [3.05, 3.63) is 41.2 Å². The van der Waals surface area contributed by atoms with Gasteiger partial charge in [-0.1, -0.05) is 11.6 Å². The van der Waals surface area contributed by atoms with Crippen molar-refractivity contribution in [1.82, 2.24) is 14.5 Å². The predicted molar refractivity (Wildman–Crippen MR) is 94.0 cm³/mol. The molecule has 1 aliphatic rings. The van der Waals surface area contributed by atoms with Gasteiger partial charge in [0.25, 0.3) is 15.9 Å². The van der Waals surface area contributed by atoms with Crippen molar-refractivity contribution in [2.24, 2.45) is 0 Å². The largest absolute Gasteiger partial charge is 0.490 e. The zero-order chi connectivity index (χ0) is 18.7. The van der Waals surface area contributed by atoms with E-state index in [2.05, 4.69) is 9.82 Å². The van der Waals surface area contributed by atoms with Crippen molar-refractivity contribution in [1.29, 1.82) is 0 Å². The molecule has 1 saturated carbocycles. The first-order valence-corrected chi connectivity index (χ1v) is 9.80. The van der Waals surface area contributed by atoms with E-state index in [1.165, 1.54) is 37.6 Å². The lowest BCUT2D eigenvalue weighted by molar-refractivity contribution is 0.0970. The summed E-state index contributed by atoms with van der Waals surface area (Å²) < 4.78 is 39.3. The molecule has 1 aromatic carbocycles. The quantitative estimate of drug-likeness (QED) is 0.681. The molecule has 140 valence electrons. The Morgan fingerprint density at radius 1 is 1.35 bits per heavy atom. The molecule has 26 heavy (non-hydrogen) atoms. The Morgan fingerprint density at radius 2 is 2.12 bits per heavy atom. The van der Waals surface area contributed by atoms with Crippen LogP contribution in [0.2, 0.25) is 5.02 Å². The van der Waals surface area contributed by atoms with Crippen LogP contribution in [0.5, 0.6) is 5.75 Å². The van der Waals surface area contributed by atoms with E-state index in [9.17, 15) is 13.2 Å². The number of sulfonamides is 1. The van der Waals surface area contributed by atoms with Crippen LogP contribution in [0.15, 0.2) is 35.4 Å². The normalized spacial score (nSPS) is 14.2. The highest BCUT2D eigenvalue weighted by atomic mass is 35.5. The molecule has 1 aliphatic carbocycles. The first-order valence-electron chi connectivity index (χ1n) is 7.94. The number of aromatic nitrogens is 2. The lowest BCUT2D eigenvalue weighted by Gasteiger charge is -2.13. The van der Waals surface area contributed by atoms with E-state index in [1.54, 1.807) is 4.68 Å². The third-order valence-electron chi connectivity index (χ3n) is 3.76. The Bertz CT molecular complexity index is 908. The van der Waals surface area contributed by atoms with E-state index in [0.29, 0.717) is 0 Å². The van der Waals surface area contributed by atoms with Crippen LogP contribution in [0.1, 0.15) is 29.4 Å². The number of benzene rings is 1. The van der Waals surface area contributed by atoms with E-state index in [4.69, 9.17) is 21.1 Å². The number of carbonyl (C=O) groups is 1. The first-order chi connectivity index (χ1) is 12.4. The van der Waals surface area contributed by atoms with E-state index in [-0.39, 0.29) is 40.6 Å². The Balaban J connectivity index is 1.84. The molecule has 1 fully saturated rings. The highest BCUT2D eigenvalue weighted by Crippen LogP contribution is 2.35. The predicted octanol–water partition coefficient (Wildman–Crippen LogP) is 2.02. The van der Waals surface area contributed by atoms with E-state index in [0.717, 1.165) is 12.8 Å². The minimum atomic E-state index is -4.19. The lowest BCUT2D eigenvalue weighted by Crippen LogP contribution is -2.32. The molecule has 0 bridgehead atoms. The van der Waals surface area contributed by atoms with Crippen LogP contribution in [0, 0.1) is 0 Å². The smallest absolute Gasteiger partial charge is 0.283 e. The third kappa shape index (κ3) is 4.17. The molecular formula is C16H18ClN3O5S. The van der Waals surface area contributed by atoms with Gasteiger partial charge in [0.1, 0.15) is 22.9 Å². The topological polar surface area (TPSA) is 99.5 Å². The molecule has 10 heteroatoms. The molecule has 0 unspecified atom stereocenters. The number of methoxy groups -OCH3 is 1. The van der Waals surface area contributed by atoms with Crippen molar-refractivity contribution >= 4 is 27.5 Å². The fraction of sp³-hybridized carbons (Fsp3) is 0.375. The van der Waals surface area contributed by atoms with Crippen LogP contribution in [-0.4, -0.2) is 44.4 Å². The fourth-order valence-corrected chi connectivity index (χ4v) is 3.75. The fourth-order valence-electron chi connectivity index (χ4n) is 2.38. The van der Waals surface area contributed by atoms with Crippen LogP contribution in [0.25, 0.3) is 0 Å². The molecule has 2 aromatic rings. The molecule has 0 spiro atoms. The highest BCUT2D eigenvalue weighted by molar-refractivity contribution is 7.90. The zero-order valence-corrected chi connectivity index (χ0v) is 15.6. The summed E-state index contributed by atoms with van der Waals surface area (Å²) in [5.74, 6) is -0.667. The van der Waals surface area contributed by atoms with Crippen LogP contribution < -0.4 is 9.46 Å². The number of nitrogens with zero attached hydrogens (tertiary/aromatic N) is 2. The van der Waals surface area contributed by atoms with Crippen molar-refractivity contribution < 1.29 is 22.7 Å². The molecular weight excluding hydrogens is 382 g/mol.